The number of ketones is 1. The van der Waals surface area contributed by atoms with Crippen molar-refractivity contribution in [2.75, 3.05) is 0 Å². The van der Waals surface area contributed by atoms with Crippen LogP contribution >= 0.6 is 11.6 Å². The normalized spacial score (nSPS) is 11.4. The highest BCUT2D eigenvalue weighted by Gasteiger charge is 2.31. The van der Waals surface area contributed by atoms with E-state index in [1.807, 2.05) is 0 Å². The van der Waals surface area contributed by atoms with Crippen molar-refractivity contribution in [1.82, 2.24) is 4.98 Å². The molecule has 0 saturated carbocycles. The summed E-state index contributed by atoms with van der Waals surface area (Å²) >= 11 is 5.85. The van der Waals surface area contributed by atoms with E-state index < -0.39 is 11.7 Å². The number of benzene rings is 1. The molecule has 0 aliphatic carbocycles. The molecule has 20 heavy (non-hydrogen) atoms. The molecule has 0 radical (unpaired) electrons. The fraction of sp³-hybridized carbons (Fsp3) is 0.143. The van der Waals surface area contributed by atoms with Gasteiger partial charge in [0, 0.05) is 17.3 Å². The van der Waals surface area contributed by atoms with Crippen LogP contribution in [0.2, 0.25) is 5.02 Å². The van der Waals surface area contributed by atoms with E-state index in [0.717, 1.165) is 12.3 Å². The Morgan fingerprint density at radius 2 is 1.95 bits per heavy atom. The smallest absolute Gasteiger partial charge is 0.295 e. The first-order valence-corrected chi connectivity index (χ1v) is 6.01. The summed E-state index contributed by atoms with van der Waals surface area (Å²) in [5, 5.41) is -0.111. The van der Waals surface area contributed by atoms with Gasteiger partial charge in [-0.1, -0.05) is 29.8 Å². The van der Waals surface area contributed by atoms with Gasteiger partial charge in [-0.15, -0.1) is 0 Å². The quantitative estimate of drug-likeness (QED) is 0.757. The van der Waals surface area contributed by atoms with Crippen LogP contribution in [-0.2, 0) is 6.18 Å². The third kappa shape index (κ3) is 2.99. The van der Waals surface area contributed by atoms with Crippen LogP contribution in [0.5, 0.6) is 0 Å². The average molecular weight is 300 g/mol. The van der Waals surface area contributed by atoms with E-state index in [2.05, 4.69) is 4.98 Å². The molecule has 0 saturated heterocycles. The van der Waals surface area contributed by atoms with Gasteiger partial charge in [-0.3, -0.25) is 9.78 Å². The third-order valence-electron chi connectivity index (χ3n) is 2.71. The highest BCUT2D eigenvalue weighted by molar-refractivity contribution is 6.33. The number of hydrogen-bond donors (Lipinski definition) is 0. The maximum atomic E-state index is 12.5. The molecule has 104 valence electrons. The standard InChI is InChI=1S/C14H9ClF3NO/c1-8(20)9-3-2-4-10(5-9)13-12(15)6-11(7-19-13)14(16,17)18/h2-7H,1H3. The van der Waals surface area contributed by atoms with Crippen LogP contribution in [0.4, 0.5) is 13.2 Å². The van der Waals surface area contributed by atoms with Crippen LogP contribution in [0, 0.1) is 0 Å². The van der Waals surface area contributed by atoms with Crippen molar-refractivity contribution in [2.24, 2.45) is 0 Å². The number of pyridine rings is 1. The van der Waals surface area contributed by atoms with E-state index in [1.54, 1.807) is 24.3 Å². The highest BCUT2D eigenvalue weighted by atomic mass is 35.5. The molecule has 1 aromatic carbocycles. The van der Waals surface area contributed by atoms with Crippen LogP contribution in [0.15, 0.2) is 36.5 Å². The first kappa shape index (κ1) is 14.5. The molecule has 0 N–H and O–H groups in total. The molecular weight excluding hydrogens is 291 g/mol. The minimum atomic E-state index is -4.49. The van der Waals surface area contributed by atoms with Gasteiger partial charge in [-0.05, 0) is 19.1 Å². The molecule has 0 aliphatic heterocycles. The van der Waals surface area contributed by atoms with Gasteiger partial charge in [-0.2, -0.15) is 13.2 Å². The number of hydrogen-bond acceptors (Lipinski definition) is 2. The molecule has 0 fully saturated rings. The molecule has 1 aromatic heterocycles. The Morgan fingerprint density at radius 3 is 2.50 bits per heavy atom. The van der Waals surface area contributed by atoms with E-state index in [9.17, 15) is 18.0 Å². The maximum Gasteiger partial charge on any atom is 0.417 e. The van der Waals surface area contributed by atoms with Gasteiger partial charge in [0.1, 0.15) is 0 Å². The van der Waals surface area contributed by atoms with Crippen molar-refractivity contribution in [2.45, 2.75) is 13.1 Å². The first-order valence-electron chi connectivity index (χ1n) is 5.63. The number of Topliss-reactive ketones (excluding diaryl/α,β-unsaturated/α-hetero) is 1. The van der Waals surface area contributed by atoms with Gasteiger partial charge in [-0.25, -0.2) is 0 Å². The first-order chi connectivity index (χ1) is 9.29. The topological polar surface area (TPSA) is 30.0 Å². The number of rotatable bonds is 2. The molecule has 0 spiro atoms. The summed E-state index contributed by atoms with van der Waals surface area (Å²) in [6, 6.07) is 7.24. The lowest BCUT2D eigenvalue weighted by molar-refractivity contribution is -0.137. The van der Waals surface area contributed by atoms with Crippen molar-refractivity contribution in [3.05, 3.63) is 52.7 Å². The molecule has 1 heterocycles. The van der Waals surface area contributed by atoms with Gasteiger partial charge in [0.05, 0.1) is 16.3 Å². The second-order valence-corrected chi connectivity index (χ2v) is 4.60. The number of carbonyl (C=O) groups excluding carboxylic acids is 1. The van der Waals surface area contributed by atoms with Crippen LogP contribution in [0.3, 0.4) is 0 Å². The summed E-state index contributed by atoms with van der Waals surface area (Å²) in [6.07, 6.45) is -3.77. The monoisotopic (exact) mass is 299 g/mol. The van der Waals surface area contributed by atoms with Gasteiger partial charge >= 0.3 is 6.18 Å². The van der Waals surface area contributed by atoms with Gasteiger partial charge in [0.25, 0.3) is 0 Å². The summed E-state index contributed by atoms with van der Waals surface area (Å²) < 4.78 is 37.6. The number of halogens is 4. The number of nitrogens with zero attached hydrogens (tertiary/aromatic N) is 1. The zero-order valence-electron chi connectivity index (χ0n) is 10.3. The van der Waals surface area contributed by atoms with Gasteiger partial charge in [0.2, 0.25) is 0 Å². The van der Waals surface area contributed by atoms with Gasteiger partial charge < -0.3 is 0 Å². The molecule has 0 aliphatic rings. The molecule has 2 nitrogen and oxygen atoms in total. The molecule has 2 rings (SSSR count). The molecule has 0 amide bonds. The van der Waals surface area contributed by atoms with Crippen molar-refractivity contribution in [3.8, 4) is 11.3 Å². The highest BCUT2D eigenvalue weighted by Crippen LogP contribution is 2.34. The van der Waals surface area contributed by atoms with Crippen molar-refractivity contribution in [1.29, 1.82) is 0 Å². The number of alkyl halides is 3. The lowest BCUT2D eigenvalue weighted by Gasteiger charge is -2.09. The summed E-state index contributed by atoms with van der Waals surface area (Å²) in [6.45, 7) is 1.40. The minimum absolute atomic E-state index is 0.111. The van der Waals surface area contributed by atoms with E-state index in [1.165, 1.54) is 6.92 Å². The molecule has 0 bridgehead atoms. The fourth-order valence-corrected chi connectivity index (χ4v) is 1.97. The molecule has 0 atom stereocenters. The summed E-state index contributed by atoms with van der Waals surface area (Å²) in [4.78, 5) is 15.0. The Bertz CT molecular complexity index is 668. The summed E-state index contributed by atoms with van der Waals surface area (Å²) in [5.74, 6) is -0.144. The third-order valence-corrected chi connectivity index (χ3v) is 3.00. The van der Waals surface area contributed by atoms with E-state index in [4.69, 9.17) is 11.6 Å². The lowest BCUT2D eigenvalue weighted by atomic mass is 10.0. The van der Waals surface area contributed by atoms with E-state index >= 15 is 0 Å². The van der Waals surface area contributed by atoms with Crippen molar-refractivity contribution in [3.63, 3.8) is 0 Å². The number of carbonyl (C=O) groups is 1. The molecule has 2 aromatic rings. The van der Waals surface area contributed by atoms with Crippen molar-refractivity contribution >= 4 is 17.4 Å². The van der Waals surface area contributed by atoms with Crippen molar-refractivity contribution < 1.29 is 18.0 Å². The molecule has 0 unspecified atom stereocenters. The zero-order valence-corrected chi connectivity index (χ0v) is 11.1. The Labute approximate surface area is 118 Å². The van der Waals surface area contributed by atoms with Crippen LogP contribution in [0.25, 0.3) is 11.3 Å². The second kappa shape index (κ2) is 5.25. The number of aromatic nitrogens is 1. The maximum absolute atomic E-state index is 12.5. The predicted molar refractivity (Wildman–Crippen MR) is 69.7 cm³/mol. The fourth-order valence-electron chi connectivity index (χ4n) is 1.69. The van der Waals surface area contributed by atoms with E-state index in [-0.39, 0.29) is 16.5 Å². The second-order valence-electron chi connectivity index (χ2n) is 4.19. The summed E-state index contributed by atoms with van der Waals surface area (Å²) in [7, 11) is 0. The Hall–Kier alpha value is -1.88. The Kier molecular flexibility index (Phi) is 3.81. The van der Waals surface area contributed by atoms with E-state index in [0.29, 0.717) is 11.1 Å². The lowest BCUT2D eigenvalue weighted by Crippen LogP contribution is -2.05. The van der Waals surface area contributed by atoms with Crippen LogP contribution in [-0.4, -0.2) is 10.8 Å². The zero-order chi connectivity index (χ0) is 14.9. The van der Waals surface area contributed by atoms with Gasteiger partial charge in [0.15, 0.2) is 5.78 Å². The minimum Gasteiger partial charge on any atom is -0.295 e. The average Bonchev–Trinajstić information content (AvgIpc) is 2.37. The predicted octanol–water partition coefficient (Wildman–Crippen LogP) is 4.62. The SMILES string of the molecule is CC(=O)c1cccc(-c2ncc(C(F)(F)F)cc2Cl)c1. The Balaban J connectivity index is 2.49. The molecule has 6 heteroatoms. The van der Waals surface area contributed by atoms with Crippen LogP contribution < -0.4 is 0 Å². The summed E-state index contributed by atoms with van der Waals surface area (Å²) in [5.41, 5.74) is 0.244. The van der Waals surface area contributed by atoms with Crippen LogP contribution in [0.1, 0.15) is 22.8 Å². The largest absolute Gasteiger partial charge is 0.417 e. The molecular formula is C14H9ClF3NO. The Morgan fingerprint density at radius 1 is 1.25 bits per heavy atom.